The molecule has 0 saturated carbocycles. The van der Waals surface area contributed by atoms with Gasteiger partial charge in [0.25, 0.3) is 0 Å². The minimum atomic E-state index is -5.02. The van der Waals surface area contributed by atoms with Crippen molar-refractivity contribution in [3.8, 4) is 6.19 Å². The van der Waals surface area contributed by atoms with E-state index in [1.807, 2.05) is 0 Å². The molecule has 0 rings (SSSR count). The smallest absolute Gasteiger partial charge is 0.788 e. The van der Waals surface area contributed by atoms with Crippen LogP contribution in [0.25, 0.3) is 0 Å². The fourth-order valence-corrected chi connectivity index (χ4v) is 0.229. The predicted molar refractivity (Wildman–Crippen MR) is 23.2 cm³/mol. The molecule has 0 aliphatic carbocycles. The van der Waals surface area contributed by atoms with Crippen molar-refractivity contribution in [2.24, 2.45) is 0 Å². The monoisotopic (exact) mass is 160 g/mol. The topological polar surface area (TPSA) is 108 Å². The summed E-state index contributed by atoms with van der Waals surface area (Å²) < 4.78 is 12.6. The fraction of sp³-hybridized carbons (Fsp3) is 0. The van der Waals surface area contributed by atoms with E-state index in [9.17, 15) is 14.4 Å². The van der Waals surface area contributed by atoms with Gasteiger partial charge in [-0.25, -0.2) is 4.62 Å². The van der Waals surface area contributed by atoms with E-state index in [-0.39, 0.29) is 23.1 Å². The first-order chi connectivity index (χ1) is 3.56. The van der Waals surface area contributed by atoms with Crippen LogP contribution in [-0.4, -0.2) is 23.1 Å². The number of rotatable bonds is 2. The molecule has 9 heavy (non-hydrogen) atoms. The van der Waals surface area contributed by atoms with Crippen LogP contribution >= 0.6 is 7.82 Å². The molecule has 0 aromatic heterocycles. The molecular formula is CHMgN2O4P. The van der Waals surface area contributed by atoms with Crippen LogP contribution in [0.3, 0.4) is 0 Å². The Balaban J connectivity index is 0. The number of phosphoric acid groups is 1. The third-order valence-electron chi connectivity index (χ3n) is 0.203. The average Bonchev–Trinajstić information content (AvgIpc) is 1.59. The van der Waals surface area contributed by atoms with Crippen molar-refractivity contribution in [3.05, 3.63) is 0 Å². The number of nitrogens with one attached hydrogen (secondary N) is 1. The van der Waals surface area contributed by atoms with E-state index >= 15 is 0 Å². The van der Waals surface area contributed by atoms with E-state index in [1.165, 1.54) is 5.48 Å². The van der Waals surface area contributed by atoms with Crippen molar-refractivity contribution in [2.45, 2.75) is 0 Å². The van der Waals surface area contributed by atoms with Crippen LogP contribution in [0.15, 0.2) is 0 Å². The quantitative estimate of drug-likeness (QED) is 0.156. The normalized spacial score (nSPS) is 9.00. The van der Waals surface area contributed by atoms with Gasteiger partial charge in [-0.05, 0) is 0 Å². The molecule has 0 saturated heterocycles. The first-order valence-corrected chi connectivity index (χ1v) is 2.87. The second-order valence-corrected chi connectivity index (χ2v) is 1.83. The summed E-state index contributed by atoms with van der Waals surface area (Å²) in [5.41, 5.74) is 1.21. The van der Waals surface area contributed by atoms with Crippen LogP contribution in [0.5, 0.6) is 0 Å². The summed E-state index contributed by atoms with van der Waals surface area (Å²) in [6.45, 7) is 0. The first-order valence-electron chi connectivity index (χ1n) is 1.41. The second-order valence-electron chi connectivity index (χ2n) is 0.752. The average molecular weight is 160 g/mol. The molecule has 0 aliphatic heterocycles. The number of hydroxylamine groups is 1. The number of hydrogen-bond donors (Lipinski definition) is 1. The van der Waals surface area contributed by atoms with Crippen molar-refractivity contribution in [2.75, 3.05) is 0 Å². The minimum Gasteiger partial charge on any atom is -0.788 e. The zero-order chi connectivity index (χ0) is 6.62. The van der Waals surface area contributed by atoms with Crippen molar-refractivity contribution in [1.29, 1.82) is 5.26 Å². The standard InChI is InChI=1S/CH3N2O4P.Mg/c2-1-3-7-8(4,5)6;/h3H,(H2,4,5,6);/q;+2/p-2. The second kappa shape index (κ2) is 4.99. The SMILES string of the molecule is N#CNOP(=O)([O-])[O-].[Mg+2]. The van der Waals surface area contributed by atoms with E-state index in [0.29, 0.717) is 0 Å². The number of nitrogens with zero attached hydrogens (tertiary/aromatic N) is 1. The molecule has 46 valence electrons. The molecule has 0 amide bonds. The van der Waals surface area contributed by atoms with Crippen molar-refractivity contribution >= 4 is 30.9 Å². The predicted octanol–water partition coefficient (Wildman–Crippen LogP) is -2.56. The van der Waals surface area contributed by atoms with E-state index in [0.717, 1.165) is 6.19 Å². The molecule has 0 radical (unpaired) electrons. The van der Waals surface area contributed by atoms with Crippen LogP contribution in [0, 0.1) is 11.5 Å². The molecule has 0 unspecified atom stereocenters. The van der Waals surface area contributed by atoms with Crippen molar-refractivity contribution in [1.82, 2.24) is 5.48 Å². The number of hydrogen-bond acceptors (Lipinski definition) is 6. The zero-order valence-corrected chi connectivity index (χ0v) is 6.54. The summed E-state index contributed by atoms with van der Waals surface area (Å²) in [7, 11) is -5.02. The molecule has 1 N–H and O–H groups in total. The maximum atomic E-state index is 9.43. The fourth-order valence-electron chi connectivity index (χ4n) is 0.0763. The first kappa shape index (κ1) is 11.9. The molecule has 0 aromatic carbocycles. The summed E-state index contributed by atoms with van der Waals surface area (Å²) >= 11 is 0. The Morgan fingerprint density at radius 2 is 2.11 bits per heavy atom. The van der Waals surface area contributed by atoms with Gasteiger partial charge >= 0.3 is 23.1 Å². The van der Waals surface area contributed by atoms with Gasteiger partial charge in [0, 0.05) is 0 Å². The molecule has 8 heteroatoms. The van der Waals surface area contributed by atoms with E-state index in [4.69, 9.17) is 5.26 Å². The Bertz CT molecular complexity index is 147. The summed E-state index contributed by atoms with van der Waals surface area (Å²) in [5.74, 6) is 0. The molecule has 0 spiro atoms. The van der Waals surface area contributed by atoms with Gasteiger partial charge in [-0.1, -0.05) is 0 Å². The Labute approximate surface area is 67.2 Å². The van der Waals surface area contributed by atoms with Gasteiger partial charge < -0.3 is 14.4 Å². The van der Waals surface area contributed by atoms with Gasteiger partial charge in [0.15, 0.2) is 0 Å². The molecule has 0 aromatic rings. The Kier molecular flexibility index (Phi) is 6.60. The van der Waals surface area contributed by atoms with E-state index in [1.54, 1.807) is 0 Å². The van der Waals surface area contributed by atoms with Crippen molar-refractivity contribution in [3.63, 3.8) is 0 Å². The van der Waals surface area contributed by atoms with Crippen LogP contribution in [0.1, 0.15) is 0 Å². The molecular weight excluding hydrogens is 159 g/mol. The van der Waals surface area contributed by atoms with Gasteiger partial charge in [-0.15, -0.1) is 0 Å². The van der Waals surface area contributed by atoms with Gasteiger partial charge in [0.2, 0.25) is 6.19 Å². The van der Waals surface area contributed by atoms with Crippen LogP contribution in [0.4, 0.5) is 0 Å². The number of nitriles is 1. The van der Waals surface area contributed by atoms with Crippen LogP contribution in [0.2, 0.25) is 0 Å². The van der Waals surface area contributed by atoms with E-state index < -0.39 is 7.82 Å². The third kappa shape index (κ3) is 11.6. The van der Waals surface area contributed by atoms with Gasteiger partial charge in [0.1, 0.15) is 0 Å². The summed E-state index contributed by atoms with van der Waals surface area (Å²) in [6.07, 6.45) is 1.08. The van der Waals surface area contributed by atoms with Crippen LogP contribution in [-0.2, 0) is 9.19 Å². The molecule has 0 fully saturated rings. The van der Waals surface area contributed by atoms with Gasteiger partial charge in [0.05, 0.1) is 7.82 Å². The van der Waals surface area contributed by atoms with Crippen molar-refractivity contribution < 1.29 is 19.0 Å². The van der Waals surface area contributed by atoms with Gasteiger partial charge in [-0.3, -0.25) is 0 Å². The molecule has 6 nitrogen and oxygen atoms in total. The Morgan fingerprint density at radius 1 is 1.67 bits per heavy atom. The largest absolute Gasteiger partial charge is 2.00 e. The maximum absolute atomic E-state index is 9.43. The third-order valence-corrected chi connectivity index (χ3v) is 0.518. The minimum absolute atomic E-state index is 0. The molecule has 0 atom stereocenters. The maximum Gasteiger partial charge on any atom is 2.00 e. The summed E-state index contributed by atoms with van der Waals surface area (Å²) in [5, 5.41) is 7.54. The van der Waals surface area contributed by atoms with Gasteiger partial charge in [-0.2, -0.15) is 10.7 Å². The summed E-state index contributed by atoms with van der Waals surface area (Å²) in [6, 6.07) is 0. The molecule has 0 heterocycles. The Morgan fingerprint density at radius 3 is 2.22 bits per heavy atom. The Hall–Kier alpha value is 0.166. The molecule has 0 aliphatic rings. The summed E-state index contributed by atoms with van der Waals surface area (Å²) in [4.78, 5) is 18.9. The van der Waals surface area contributed by atoms with Crippen LogP contribution < -0.4 is 15.3 Å². The van der Waals surface area contributed by atoms with E-state index in [2.05, 4.69) is 4.62 Å². The zero-order valence-electron chi connectivity index (χ0n) is 4.23. The molecule has 0 bridgehead atoms.